The van der Waals surface area contributed by atoms with Gasteiger partial charge >= 0.3 is 0 Å². The quantitative estimate of drug-likeness (QED) is 0.786. The number of carbonyl (C=O) groups excluding carboxylic acids is 1. The second kappa shape index (κ2) is 8.50. The minimum absolute atomic E-state index is 0. The zero-order chi connectivity index (χ0) is 16.1. The monoisotopic (exact) mass is 348 g/mol. The zero-order valence-electron chi connectivity index (χ0n) is 13.3. The molecule has 126 valence electrons. The van der Waals surface area contributed by atoms with E-state index in [1.807, 2.05) is 19.1 Å². The van der Waals surface area contributed by atoms with Gasteiger partial charge in [-0.3, -0.25) is 4.79 Å². The van der Waals surface area contributed by atoms with Crippen LogP contribution in [0.25, 0.3) is 0 Å². The normalized spacial score (nSPS) is 13.8. The number of rotatable bonds is 7. The molecule has 0 radical (unpaired) electrons. The van der Waals surface area contributed by atoms with Crippen molar-refractivity contribution in [3.63, 3.8) is 0 Å². The lowest BCUT2D eigenvalue weighted by Gasteiger charge is -2.23. The van der Waals surface area contributed by atoms with E-state index in [4.69, 9.17) is 5.73 Å². The highest BCUT2D eigenvalue weighted by Gasteiger charge is 2.26. The van der Waals surface area contributed by atoms with Gasteiger partial charge < -0.3 is 11.1 Å². The van der Waals surface area contributed by atoms with Crippen molar-refractivity contribution in [1.82, 2.24) is 5.32 Å². The van der Waals surface area contributed by atoms with Crippen molar-refractivity contribution in [3.05, 3.63) is 35.4 Å². The summed E-state index contributed by atoms with van der Waals surface area (Å²) >= 11 is 0. The Morgan fingerprint density at radius 2 is 1.82 bits per heavy atom. The molecule has 22 heavy (non-hydrogen) atoms. The standard InChI is InChI=1S/C15H24N2O3S.ClH/c1-4-9-15(2,16)14(18)17-10-12-7-5-6-8-13(12)11-21(3,19)20;/h5-8H,4,9-11,16H2,1-3H3,(H,17,18);1H. The van der Waals surface area contributed by atoms with Crippen LogP contribution in [0.2, 0.25) is 0 Å². The van der Waals surface area contributed by atoms with Crippen LogP contribution in [0.4, 0.5) is 0 Å². The molecule has 1 amide bonds. The number of carbonyl (C=O) groups is 1. The number of nitrogens with one attached hydrogen (secondary N) is 1. The van der Waals surface area contributed by atoms with Crippen molar-refractivity contribution < 1.29 is 13.2 Å². The predicted molar refractivity (Wildman–Crippen MR) is 91.6 cm³/mol. The van der Waals surface area contributed by atoms with E-state index in [9.17, 15) is 13.2 Å². The molecule has 0 saturated carbocycles. The summed E-state index contributed by atoms with van der Waals surface area (Å²) in [6, 6.07) is 7.18. The number of hydrogen-bond donors (Lipinski definition) is 2. The maximum atomic E-state index is 12.1. The second-order valence-corrected chi connectivity index (χ2v) is 7.83. The van der Waals surface area contributed by atoms with Gasteiger partial charge in [-0.25, -0.2) is 8.42 Å². The topological polar surface area (TPSA) is 89.3 Å². The van der Waals surface area contributed by atoms with Gasteiger partial charge in [0, 0.05) is 12.8 Å². The SMILES string of the molecule is CCCC(C)(N)C(=O)NCc1ccccc1CS(C)(=O)=O.Cl. The lowest BCUT2D eigenvalue weighted by atomic mass is 9.96. The number of hydrogen-bond acceptors (Lipinski definition) is 4. The molecule has 0 heterocycles. The molecule has 1 unspecified atom stereocenters. The van der Waals surface area contributed by atoms with Gasteiger partial charge in [-0.2, -0.15) is 0 Å². The predicted octanol–water partition coefficient (Wildman–Crippen LogP) is 1.79. The van der Waals surface area contributed by atoms with Crippen LogP contribution in [0.3, 0.4) is 0 Å². The van der Waals surface area contributed by atoms with Crippen LogP contribution in [0.5, 0.6) is 0 Å². The van der Waals surface area contributed by atoms with Crippen molar-refractivity contribution in [2.75, 3.05) is 6.26 Å². The van der Waals surface area contributed by atoms with Gasteiger partial charge in [-0.05, 0) is 24.5 Å². The summed E-state index contributed by atoms with van der Waals surface area (Å²) in [6.07, 6.45) is 2.62. The van der Waals surface area contributed by atoms with Gasteiger partial charge in [0.25, 0.3) is 0 Å². The highest BCUT2D eigenvalue weighted by Crippen LogP contribution is 2.13. The van der Waals surface area contributed by atoms with E-state index in [2.05, 4.69) is 5.32 Å². The summed E-state index contributed by atoms with van der Waals surface area (Å²) in [7, 11) is -3.11. The fraction of sp³-hybridized carbons (Fsp3) is 0.533. The third-order valence-electron chi connectivity index (χ3n) is 3.26. The Bertz CT molecular complexity index is 601. The van der Waals surface area contributed by atoms with E-state index in [0.29, 0.717) is 12.0 Å². The summed E-state index contributed by atoms with van der Waals surface area (Å²) in [6.45, 7) is 3.95. The maximum Gasteiger partial charge on any atom is 0.240 e. The fourth-order valence-electron chi connectivity index (χ4n) is 2.16. The van der Waals surface area contributed by atoms with E-state index < -0.39 is 15.4 Å². The molecule has 0 saturated heterocycles. The highest BCUT2D eigenvalue weighted by molar-refractivity contribution is 7.89. The largest absolute Gasteiger partial charge is 0.350 e. The fourth-order valence-corrected chi connectivity index (χ4v) is 3.01. The summed E-state index contributed by atoms with van der Waals surface area (Å²) < 4.78 is 22.9. The maximum absolute atomic E-state index is 12.1. The van der Waals surface area contributed by atoms with Crippen molar-refractivity contribution in [1.29, 1.82) is 0 Å². The molecule has 1 atom stereocenters. The average molecular weight is 349 g/mol. The summed E-state index contributed by atoms with van der Waals surface area (Å²) in [5, 5.41) is 2.79. The van der Waals surface area contributed by atoms with Gasteiger partial charge in [-0.1, -0.05) is 37.6 Å². The number of nitrogens with two attached hydrogens (primary N) is 1. The Balaban J connectivity index is 0.00000441. The third-order valence-corrected chi connectivity index (χ3v) is 4.10. The molecule has 1 rings (SSSR count). The third kappa shape index (κ3) is 6.77. The van der Waals surface area contributed by atoms with E-state index in [1.54, 1.807) is 19.1 Å². The van der Waals surface area contributed by atoms with Gasteiger partial charge in [0.2, 0.25) is 5.91 Å². The Labute approximate surface area is 139 Å². The van der Waals surface area contributed by atoms with Crippen LogP contribution < -0.4 is 11.1 Å². The number of amides is 1. The molecule has 1 aromatic rings. The van der Waals surface area contributed by atoms with Gasteiger partial charge in [0.15, 0.2) is 9.84 Å². The Morgan fingerprint density at radius 1 is 1.27 bits per heavy atom. The molecule has 3 N–H and O–H groups in total. The first-order valence-corrected chi connectivity index (χ1v) is 9.03. The smallest absolute Gasteiger partial charge is 0.240 e. The second-order valence-electron chi connectivity index (χ2n) is 5.69. The number of halogens is 1. The molecule has 5 nitrogen and oxygen atoms in total. The van der Waals surface area contributed by atoms with Crippen LogP contribution in [-0.2, 0) is 26.9 Å². The van der Waals surface area contributed by atoms with Gasteiger partial charge in [0.05, 0.1) is 11.3 Å². The average Bonchev–Trinajstić information content (AvgIpc) is 2.35. The Morgan fingerprint density at radius 3 is 2.32 bits per heavy atom. The van der Waals surface area contributed by atoms with E-state index in [1.165, 1.54) is 6.26 Å². The van der Waals surface area contributed by atoms with E-state index in [0.717, 1.165) is 12.0 Å². The lowest BCUT2D eigenvalue weighted by molar-refractivity contribution is -0.126. The molecule has 0 bridgehead atoms. The first-order valence-electron chi connectivity index (χ1n) is 6.97. The first-order chi connectivity index (χ1) is 9.65. The molecular weight excluding hydrogens is 324 g/mol. The van der Waals surface area contributed by atoms with Crippen molar-refractivity contribution in [2.24, 2.45) is 5.73 Å². The Hall–Kier alpha value is -1.11. The van der Waals surface area contributed by atoms with Crippen LogP contribution in [0, 0.1) is 0 Å². The van der Waals surface area contributed by atoms with E-state index >= 15 is 0 Å². The van der Waals surface area contributed by atoms with Crippen LogP contribution >= 0.6 is 12.4 Å². The van der Waals surface area contributed by atoms with Crippen molar-refractivity contribution in [2.45, 2.75) is 44.5 Å². The minimum atomic E-state index is -3.11. The Kier molecular flexibility index (Phi) is 8.07. The molecule has 0 aliphatic heterocycles. The van der Waals surface area contributed by atoms with Crippen molar-refractivity contribution in [3.8, 4) is 0 Å². The van der Waals surface area contributed by atoms with Gasteiger partial charge in [0.1, 0.15) is 0 Å². The minimum Gasteiger partial charge on any atom is -0.350 e. The molecule has 0 aliphatic rings. The molecular formula is C15H25ClN2O3S. The first kappa shape index (κ1) is 20.9. The van der Waals surface area contributed by atoms with Crippen LogP contribution in [0.1, 0.15) is 37.8 Å². The van der Waals surface area contributed by atoms with Crippen LogP contribution in [0.15, 0.2) is 24.3 Å². The molecule has 0 spiro atoms. The molecule has 0 fully saturated rings. The molecule has 0 aromatic heterocycles. The molecule has 1 aromatic carbocycles. The lowest BCUT2D eigenvalue weighted by Crippen LogP contribution is -2.51. The van der Waals surface area contributed by atoms with Gasteiger partial charge in [-0.15, -0.1) is 12.4 Å². The summed E-state index contributed by atoms with van der Waals surface area (Å²) in [5.41, 5.74) is 6.56. The van der Waals surface area contributed by atoms with Crippen molar-refractivity contribution >= 4 is 28.2 Å². The zero-order valence-corrected chi connectivity index (χ0v) is 14.9. The summed E-state index contributed by atoms with van der Waals surface area (Å²) in [4.78, 5) is 12.1. The number of sulfone groups is 1. The summed E-state index contributed by atoms with van der Waals surface area (Å²) in [5.74, 6) is -0.257. The van der Waals surface area contributed by atoms with E-state index in [-0.39, 0.29) is 30.6 Å². The number of benzene rings is 1. The highest BCUT2D eigenvalue weighted by atomic mass is 35.5. The van der Waals surface area contributed by atoms with Crippen LogP contribution in [-0.4, -0.2) is 26.1 Å². The molecule has 7 heteroatoms. The molecule has 0 aliphatic carbocycles.